The molecule has 340 valence electrons. The van der Waals surface area contributed by atoms with E-state index in [1.165, 1.54) is 42.3 Å². The number of nitrogens with two attached hydrogens (primary N) is 1. The van der Waals surface area contributed by atoms with Crippen molar-refractivity contribution in [2.45, 2.75) is 90.6 Å². The first kappa shape index (κ1) is 49.6. The Bertz CT molecular complexity index is 2120. The lowest BCUT2D eigenvalue weighted by molar-refractivity contribution is -0.120. The second-order valence-corrected chi connectivity index (χ2v) is 20.4. The number of unbranched alkanes of at least 4 members (excludes halogenated alkanes) is 3. The lowest BCUT2D eigenvalue weighted by Gasteiger charge is -2.30. The molecule has 2 amide bonds. The molecule has 1 heterocycles. The quantitative estimate of drug-likeness (QED) is 0.0583. The number of carbonyl (C=O) groups excluding carboxylic acids is 4. The van der Waals surface area contributed by atoms with Crippen molar-refractivity contribution in [2.24, 2.45) is 17.6 Å². The highest BCUT2D eigenvalue weighted by Gasteiger charge is 2.44. The average molecular weight is 891 g/mol. The minimum Gasteiger partial charge on any atom is -0.439 e. The molecule has 0 spiro atoms. The number of amides is 2. The maximum Gasteiger partial charge on any atom is 0.405 e. The van der Waals surface area contributed by atoms with E-state index in [2.05, 4.69) is 102 Å². The van der Waals surface area contributed by atoms with Gasteiger partial charge in [-0.15, -0.1) is 0 Å². The van der Waals surface area contributed by atoms with E-state index in [0.29, 0.717) is 18.5 Å². The molecule has 0 fully saturated rings. The van der Waals surface area contributed by atoms with Gasteiger partial charge in [-0.3, -0.25) is 14.4 Å². The molecule has 0 saturated heterocycles. The third-order valence-electron chi connectivity index (χ3n) is 12.1. The molecule has 64 heavy (non-hydrogen) atoms. The molecule has 0 radical (unpaired) electrons. The molecular formula is C52H65N3O8P+. The van der Waals surface area contributed by atoms with Gasteiger partial charge in [0.1, 0.15) is 29.3 Å². The number of hydrogen-bond donors (Lipinski definition) is 4. The molecule has 12 heteroatoms. The van der Waals surface area contributed by atoms with E-state index in [-0.39, 0.29) is 34.9 Å². The van der Waals surface area contributed by atoms with Crippen LogP contribution in [0.4, 0.5) is 4.79 Å². The second-order valence-electron chi connectivity index (χ2n) is 16.8. The highest BCUT2D eigenvalue weighted by molar-refractivity contribution is 7.95. The van der Waals surface area contributed by atoms with E-state index in [1.54, 1.807) is 32.1 Å². The maximum atomic E-state index is 14.2. The molecule has 1 aliphatic carbocycles. The van der Waals surface area contributed by atoms with Crippen LogP contribution in [0.3, 0.4) is 0 Å². The van der Waals surface area contributed by atoms with Crippen molar-refractivity contribution in [3.05, 3.63) is 149 Å². The van der Waals surface area contributed by atoms with Gasteiger partial charge >= 0.3 is 6.09 Å². The van der Waals surface area contributed by atoms with Crippen LogP contribution in [0.25, 0.3) is 0 Å². The number of allylic oxidation sites excluding steroid dienone is 4. The van der Waals surface area contributed by atoms with Gasteiger partial charge in [0, 0.05) is 43.9 Å². The number of ether oxygens (including phenoxy) is 3. The number of Topliss-reactive ketones (excluding diaryl/α,β-unsaturated/α-hetero) is 1. The molecule has 6 atom stereocenters. The van der Waals surface area contributed by atoms with Gasteiger partial charge in [-0.2, -0.15) is 0 Å². The largest absolute Gasteiger partial charge is 0.439 e. The van der Waals surface area contributed by atoms with E-state index in [0.717, 1.165) is 31.8 Å². The van der Waals surface area contributed by atoms with Gasteiger partial charge < -0.3 is 35.7 Å². The molecule has 0 aromatic heterocycles. The SMILES string of the molecule is COC1C[C@H](C)CC2=C(NCCCCCC[P+](c3ccccc3)(c3ccccc3)c3ccccc3)C(=O)C=C(NC(=O)C(C)=CC=C[C@H](OC)[C@@H](OC(N)=O)C(C)=C[C@H](C)[C@H]1O)C2=O. The van der Waals surface area contributed by atoms with Crippen molar-refractivity contribution in [3.63, 3.8) is 0 Å². The minimum absolute atomic E-state index is 0.110. The van der Waals surface area contributed by atoms with Crippen LogP contribution in [0.2, 0.25) is 0 Å². The molecule has 1 unspecified atom stereocenters. The number of methoxy groups -OCH3 is 2. The van der Waals surface area contributed by atoms with Gasteiger partial charge in [0.05, 0.1) is 29.8 Å². The van der Waals surface area contributed by atoms with Crippen LogP contribution in [0.15, 0.2) is 149 Å². The molecular weight excluding hydrogens is 826 g/mol. The molecule has 2 aliphatic rings. The van der Waals surface area contributed by atoms with Crippen LogP contribution in [0.1, 0.15) is 66.2 Å². The van der Waals surface area contributed by atoms with Gasteiger partial charge in [-0.05, 0) is 93.8 Å². The van der Waals surface area contributed by atoms with Gasteiger partial charge in [-0.25, -0.2) is 4.79 Å². The number of nitrogens with one attached hydrogen (secondary N) is 2. The van der Waals surface area contributed by atoms with Crippen LogP contribution in [0, 0.1) is 11.8 Å². The van der Waals surface area contributed by atoms with Crippen molar-refractivity contribution >= 4 is 46.7 Å². The summed E-state index contributed by atoms with van der Waals surface area (Å²) in [5, 5.41) is 21.6. The normalized spacial score (nSPS) is 22.9. The first-order chi connectivity index (χ1) is 30.8. The Morgan fingerprint density at radius 2 is 1.42 bits per heavy atom. The maximum absolute atomic E-state index is 14.2. The van der Waals surface area contributed by atoms with Gasteiger partial charge in [-0.1, -0.05) is 99.2 Å². The summed E-state index contributed by atoms with van der Waals surface area (Å²) >= 11 is 0. The van der Waals surface area contributed by atoms with Crippen molar-refractivity contribution in [1.29, 1.82) is 0 Å². The second kappa shape index (κ2) is 24.0. The molecule has 5 N–H and O–H groups in total. The van der Waals surface area contributed by atoms with Gasteiger partial charge in [0.25, 0.3) is 5.91 Å². The average Bonchev–Trinajstić information content (AvgIpc) is 3.29. The third kappa shape index (κ3) is 12.6. The Balaban J connectivity index is 1.34. The third-order valence-corrected chi connectivity index (χ3v) is 16.6. The standard InChI is InChI=1S/C52H64N3O8P/c1-35-31-42-47(54-29-18-7-8-19-30-64(39-22-12-9-13-23-39,40-24-14-10-15-25-40)41-26-16-11-17-27-41)44(56)34-43(49(42)58)55-51(59)36(2)21-20-28-45(61-5)50(63-52(53)60)38(4)33-37(3)48(57)46(32-35)62-6/h9-17,20-28,33-35,37,45-46,48,50,57H,7-8,18-19,29-32H2,1-6H3,(H3-,53,54,55,56,58,59,60)/p+1/t35-,37+,45+,46?,48-,50+/m1/s1. The number of fused-ring (bicyclic) bond motifs is 2. The summed E-state index contributed by atoms with van der Waals surface area (Å²) in [5.74, 6) is -2.09. The number of aliphatic hydroxyl groups excluding tert-OH is 1. The van der Waals surface area contributed by atoms with Crippen LogP contribution < -0.4 is 32.3 Å². The summed E-state index contributed by atoms with van der Waals surface area (Å²) in [5.41, 5.74) is 6.67. The highest BCUT2D eigenvalue weighted by atomic mass is 31.2. The van der Waals surface area contributed by atoms with Crippen molar-refractivity contribution in [3.8, 4) is 0 Å². The molecule has 1 aliphatic heterocycles. The summed E-state index contributed by atoms with van der Waals surface area (Å²) in [6.07, 6.45) is 8.61. The number of primary amides is 1. The molecule has 2 bridgehead atoms. The predicted octanol–water partition coefficient (Wildman–Crippen LogP) is 6.91. The Morgan fingerprint density at radius 3 is 1.97 bits per heavy atom. The van der Waals surface area contributed by atoms with Gasteiger partial charge in [0.2, 0.25) is 11.6 Å². The smallest absolute Gasteiger partial charge is 0.405 e. The van der Waals surface area contributed by atoms with Gasteiger partial charge in [0.15, 0.2) is 6.10 Å². The predicted molar refractivity (Wildman–Crippen MR) is 256 cm³/mol. The zero-order valence-electron chi connectivity index (χ0n) is 38.0. The summed E-state index contributed by atoms with van der Waals surface area (Å²) in [7, 11) is 1.03. The number of aliphatic hydroxyl groups is 1. The number of rotatable bonds is 14. The Morgan fingerprint density at radius 1 is 0.844 bits per heavy atom. The van der Waals surface area contributed by atoms with Crippen LogP contribution >= 0.6 is 7.26 Å². The topological polar surface area (TPSA) is 166 Å². The summed E-state index contributed by atoms with van der Waals surface area (Å²) < 4.78 is 16.9. The van der Waals surface area contributed by atoms with E-state index >= 15 is 0 Å². The van der Waals surface area contributed by atoms with E-state index < -0.39 is 61.2 Å². The first-order valence-corrected chi connectivity index (χ1v) is 24.1. The van der Waals surface area contributed by atoms with E-state index in [9.17, 15) is 24.3 Å². The van der Waals surface area contributed by atoms with E-state index in [1.807, 2.05) is 13.8 Å². The number of ketones is 2. The zero-order chi connectivity index (χ0) is 46.2. The molecule has 3 aromatic carbocycles. The number of benzene rings is 3. The Hall–Kier alpha value is -5.45. The summed E-state index contributed by atoms with van der Waals surface area (Å²) in [6, 6.07) is 32.6. The molecule has 11 nitrogen and oxygen atoms in total. The fraction of sp³-hybridized carbons (Fsp3) is 0.385. The number of carbonyl (C=O) groups is 4. The van der Waals surface area contributed by atoms with Crippen molar-refractivity contribution in [1.82, 2.24) is 10.6 Å². The van der Waals surface area contributed by atoms with Crippen molar-refractivity contribution in [2.75, 3.05) is 26.9 Å². The van der Waals surface area contributed by atoms with E-state index in [4.69, 9.17) is 19.9 Å². The van der Waals surface area contributed by atoms with Crippen molar-refractivity contribution < 1.29 is 38.5 Å². The monoisotopic (exact) mass is 890 g/mol. The Kier molecular flexibility index (Phi) is 18.6. The Labute approximate surface area is 379 Å². The highest BCUT2D eigenvalue weighted by Crippen LogP contribution is 2.56. The minimum atomic E-state index is -1.94. The zero-order valence-corrected chi connectivity index (χ0v) is 38.9. The number of hydrogen-bond acceptors (Lipinski definition) is 9. The summed E-state index contributed by atoms with van der Waals surface area (Å²) in [6.45, 7) is 7.58. The molecule has 5 rings (SSSR count). The van der Waals surface area contributed by atoms with Crippen LogP contribution in [0.5, 0.6) is 0 Å². The molecule has 0 saturated carbocycles. The first-order valence-electron chi connectivity index (χ1n) is 22.2. The van der Waals surface area contributed by atoms with Crippen LogP contribution in [-0.2, 0) is 28.6 Å². The van der Waals surface area contributed by atoms with Crippen LogP contribution in [-0.4, -0.2) is 80.0 Å². The molecule has 3 aromatic rings. The summed E-state index contributed by atoms with van der Waals surface area (Å²) in [4.78, 5) is 53.4. The lowest BCUT2D eigenvalue weighted by Crippen LogP contribution is -2.38. The fourth-order valence-corrected chi connectivity index (χ4v) is 13.1. The lowest BCUT2D eigenvalue weighted by atomic mass is 9.85. The fourth-order valence-electron chi connectivity index (χ4n) is 8.70.